The first-order valence-corrected chi connectivity index (χ1v) is 8.05. The average molecular weight is 329 g/mol. The summed E-state index contributed by atoms with van der Waals surface area (Å²) in [5.74, 6) is 1.65. The maximum Gasteiger partial charge on any atom is 0.235 e. The van der Waals surface area contributed by atoms with Gasteiger partial charge in [-0.2, -0.15) is 9.61 Å². The molecule has 0 saturated carbocycles. The summed E-state index contributed by atoms with van der Waals surface area (Å²) in [4.78, 5) is 0.705. The zero-order valence-electron chi connectivity index (χ0n) is 13.2. The highest BCUT2D eigenvalue weighted by Crippen LogP contribution is 2.29. The monoisotopic (exact) mass is 329 g/mol. The zero-order chi connectivity index (χ0) is 16.1. The molecule has 0 unspecified atom stereocenters. The predicted molar refractivity (Wildman–Crippen MR) is 85.2 cm³/mol. The van der Waals surface area contributed by atoms with Gasteiger partial charge in [0.1, 0.15) is 5.69 Å². The molecule has 0 aliphatic heterocycles. The van der Waals surface area contributed by atoms with Crippen LogP contribution in [0.1, 0.15) is 31.2 Å². The third kappa shape index (κ3) is 2.24. The van der Waals surface area contributed by atoms with Crippen molar-refractivity contribution in [3.8, 4) is 22.3 Å². The van der Waals surface area contributed by atoms with E-state index in [2.05, 4.69) is 39.4 Å². The van der Waals surface area contributed by atoms with E-state index in [0.29, 0.717) is 22.5 Å². The Morgan fingerprint density at radius 1 is 1.17 bits per heavy atom. The third-order valence-electron chi connectivity index (χ3n) is 3.55. The van der Waals surface area contributed by atoms with Crippen molar-refractivity contribution in [3.63, 3.8) is 0 Å². The normalized spacial score (nSPS) is 11.9. The number of fused-ring (bicyclic) bond motifs is 1. The largest absolute Gasteiger partial charge is 0.353 e. The van der Waals surface area contributed by atoms with Gasteiger partial charge in [-0.3, -0.25) is 4.68 Å². The summed E-state index contributed by atoms with van der Waals surface area (Å²) < 4.78 is 8.80. The molecule has 0 saturated heterocycles. The van der Waals surface area contributed by atoms with Gasteiger partial charge in [0, 0.05) is 13.1 Å². The quantitative estimate of drug-likeness (QED) is 0.574. The Labute approximate surface area is 135 Å². The van der Waals surface area contributed by atoms with E-state index in [1.807, 2.05) is 30.8 Å². The first kappa shape index (κ1) is 14.1. The Balaban J connectivity index is 1.83. The molecule has 8 nitrogen and oxygen atoms in total. The molecule has 4 heterocycles. The summed E-state index contributed by atoms with van der Waals surface area (Å²) in [6, 6.07) is 3.88. The molecule has 0 radical (unpaired) electrons. The third-order valence-corrected chi connectivity index (χ3v) is 4.46. The summed E-state index contributed by atoms with van der Waals surface area (Å²) in [7, 11) is 1.90. The first-order chi connectivity index (χ1) is 11.0. The number of hydrogen-bond acceptors (Lipinski definition) is 7. The van der Waals surface area contributed by atoms with Crippen LogP contribution in [-0.2, 0) is 7.05 Å². The molecule has 0 spiro atoms. The predicted octanol–water partition coefficient (Wildman–Crippen LogP) is 2.67. The van der Waals surface area contributed by atoms with Gasteiger partial charge in [0.25, 0.3) is 0 Å². The molecule has 4 aromatic heterocycles. The highest BCUT2D eigenvalue weighted by molar-refractivity contribution is 7.19. The lowest BCUT2D eigenvalue weighted by molar-refractivity contribution is 0.426. The van der Waals surface area contributed by atoms with Crippen LogP contribution in [0, 0.1) is 6.92 Å². The SMILES string of the molecule is Cc1cc(-c2nn3c(-c4cc(C(C)C)nn4C)nnc3s2)on1. The molecule has 0 atom stereocenters. The Hall–Kier alpha value is -2.55. The maximum absolute atomic E-state index is 5.27. The molecule has 9 heteroatoms. The summed E-state index contributed by atoms with van der Waals surface area (Å²) in [5.41, 5.74) is 2.71. The van der Waals surface area contributed by atoms with Gasteiger partial charge in [-0.25, -0.2) is 0 Å². The number of hydrogen-bond donors (Lipinski definition) is 0. The van der Waals surface area contributed by atoms with Crippen LogP contribution in [0.4, 0.5) is 0 Å². The van der Waals surface area contributed by atoms with E-state index < -0.39 is 0 Å². The van der Waals surface area contributed by atoms with Gasteiger partial charge < -0.3 is 4.52 Å². The van der Waals surface area contributed by atoms with Gasteiger partial charge in [0.05, 0.1) is 11.4 Å². The maximum atomic E-state index is 5.27. The van der Waals surface area contributed by atoms with E-state index in [-0.39, 0.29) is 0 Å². The van der Waals surface area contributed by atoms with E-state index >= 15 is 0 Å². The van der Waals surface area contributed by atoms with E-state index in [4.69, 9.17) is 4.52 Å². The molecule has 0 bridgehead atoms. The Morgan fingerprint density at radius 2 is 2.00 bits per heavy atom. The van der Waals surface area contributed by atoms with Crippen LogP contribution in [0.5, 0.6) is 0 Å². The van der Waals surface area contributed by atoms with E-state index in [1.54, 1.807) is 4.52 Å². The second-order valence-corrected chi connectivity index (χ2v) is 6.65. The molecule has 0 amide bonds. The van der Waals surface area contributed by atoms with Gasteiger partial charge in [-0.15, -0.1) is 15.3 Å². The minimum atomic E-state index is 0.349. The van der Waals surface area contributed by atoms with Crippen LogP contribution in [0.25, 0.3) is 27.2 Å². The fourth-order valence-electron chi connectivity index (χ4n) is 2.32. The van der Waals surface area contributed by atoms with Crippen molar-refractivity contribution in [1.82, 2.24) is 34.7 Å². The van der Waals surface area contributed by atoms with E-state index in [9.17, 15) is 0 Å². The summed E-state index contributed by atoms with van der Waals surface area (Å²) in [6.45, 7) is 6.10. The minimum absolute atomic E-state index is 0.349. The van der Waals surface area contributed by atoms with Crippen molar-refractivity contribution < 1.29 is 4.52 Å². The lowest BCUT2D eigenvalue weighted by Gasteiger charge is -1.96. The Bertz CT molecular complexity index is 990. The smallest absolute Gasteiger partial charge is 0.235 e. The van der Waals surface area contributed by atoms with Gasteiger partial charge in [0.15, 0.2) is 10.8 Å². The summed E-state index contributed by atoms with van der Waals surface area (Å²) >= 11 is 1.41. The van der Waals surface area contributed by atoms with Gasteiger partial charge >= 0.3 is 0 Å². The number of nitrogens with zero attached hydrogens (tertiary/aromatic N) is 7. The highest BCUT2D eigenvalue weighted by Gasteiger charge is 2.20. The molecule has 23 heavy (non-hydrogen) atoms. The zero-order valence-corrected chi connectivity index (χ0v) is 14.0. The molecule has 0 fully saturated rings. The number of aromatic nitrogens is 7. The standard InChI is InChI=1S/C14H15N7OS/c1-7(2)9-6-10(20(4)17-9)12-15-16-14-21(12)18-13(23-14)11-5-8(3)19-22-11/h5-7H,1-4H3. The van der Waals surface area contributed by atoms with Crippen LogP contribution in [0.15, 0.2) is 16.7 Å². The molecule has 118 valence electrons. The van der Waals surface area contributed by atoms with E-state index in [1.165, 1.54) is 11.3 Å². The average Bonchev–Trinajstić information content (AvgIpc) is 3.21. The van der Waals surface area contributed by atoms with Gasteiger partial charge in [-0.05, 0) is 18.9 Å². The molecular formula is C14H15N7OS. The van der Waals surface area contributed by atoms with Crippen molar-refractivity contribution in [2.45, 2.75) is 26.7 Å². The van der Waals surface area contributed by atoms with Crippen molar-refractivity contribution in [1.29, 1.82) is 0 Å². The number of aryl methyl sites for hydroxylation is 2. The minimum Gasteiger partial charge on any atom is -0.353 e. The van der Waals surface area contributed by atoms with Crippen LogP contribution < -0.4 is 0 Å². The number of rotatable bonds is 3. The molecule has 4 aromatic rings. The van der Waals surface area contributed by atoms with Gasteiger partial charge in [0.2, 0.25) is 10.8 Å². The first-order valence-electron chi connectivity index (χ1n) is 7.23. The molecule has 4 rings (SSSR count). The fraction of sp³-hybridized carbons (Fsp3) is 0.357. The van der Waals surface area contributed by atoms with Crippen LogP contribution in [0.3, 0.4) is 0 Å². The summed E-state index contributed by atoms with van der Waals surface area (Å²) in [5, 5.41) is 22.2. The lowest BCUT2D eigenvalue weighted by atomic mass is 10.1. The van der Waals surface area contributed by atoms with Crippen molar-refractivity contribution >= 4 is 16.3 Å². The molecule has 0 aliphatic rings. The lowest BCUT2D eigenvalue weighted by Crippen LogP contribution is -1.99. The van der Waals surface area contributed by atoms with Crippen LogP contribution >= 0.6 is 11.3 Å². The van der Waals surface area contributed by atoms with E-state index in [0.717, 1.165) is 22.1 Å². The molecule has 0 aliphatic carbocycles. The second kappa shape index (κ2) is 4.98. The molecule has 0 N–H and O–H groups in total. The topological polar surface area (TPSA) is 86.9 Å². The van der Waals surface area contributed by atoms with Crippen LogP contribution in [-0.4, -0.2) is 34.7 Å². The molecular weight excluding hydrogens is 314 g/mol. The highest BCUT2D eigenvalue weighted by atomic mass is 32.1. The van der Waals surface area contributed by atoms with Crippen molar-refractivity contribution in [3.05, 3.63) is 23.5 Å². The van der Waals surface area contributed by atoms with Crippen LogP contribution in [0.2, 0.25) is 0 Å². The fourth-order valence-corrected chi connectivity index (χ4v) is 3.11. The Kier molecular flexibility index (Phi) is 3.05. The second-order valence-electron chi connectivity index (χ2n) is 5.69. The Morgan fingerprint density at radius 3 is 2.65 bits per heavy atom. The van der Waals surface area contributed by atoms with Gasteiger partial charge in [-0.1, -0.05) is 30.3 Å². The molecule has 0 aromatic carbocycles. The van der Waals surface area contributed by atoms with Crippen molar-refractivity contribution in [2.75, 3.05) is 0 Å². The summed E-state index contributed by atoms with van der Waals surface area (Å²) in [6.07, 6.45) is 0. The van der Waals surface area contributed by atoms with Crippen molar-refractivity contribution in [2.24, 2.45) is 7.05 Å².